The van der Waals surface area contributed by atoms with Gasteiger partial charge in [-0.15, -0.1) is 0 Å². The molecule has 0 aliphatic carbocycles. The molecule has 1 aliphatic heterocycles. The molecule has 100 valence electrons. The second kappa shape index (κ2) is 5.69. The van der Waals surface area contributed by atoms with Crippen molar-refractivity contribution in [3.05, 3.63) is 30.3 Å². The van der Waals surface area contributed by atoms with Crippen LogP contribution in [-0.2, 0) is 0 Å². The van der Waals surface area contributed by atoms with E-state index in [0.717, 1.165) is 36.0 Å². The third-order valence-corrected chi connectivity index (χ3v) is 4.49. The third-order valence-electron chi connectivity index (χ3n) is 3.57. The van der Waals surface area contributed by atoms with Gasteiger partial charge in [0.1, 0.15) is 0 Å². The number of halogens is 1. The first-order chi connectivity index (χ1) is 9.38. The lowest BCUT2D eigenvalue weighted by molar-refractivity contribution is 0.441. The van der Waals surface area contributed by atoms with E-state index in [4.69, 9.17) is 0 Å². The minimum absolute atomic E-state index is 0.775. The molecular formula is C13H16BrN5. The van der Waals surface area contributed by atoms with Crippen LogP contribution in [0.2, 0.25) is 0 Å². The summed E-state index contributed by atoms with van der Waals surface area (Å²) in [5, 5.41) is 13.2. The van der Waals surface area contributed by atoms with E-state index in [1.54, 1.807) is 0 Å². The Morgan fingerprint density at radius 3 is 2.58 bits per heavy atom. The van der Waals surface area contributed by atoms with E-state index < -0.39 is 0 Å². The molecular weight excluding hydrogens is 306 g/mol. The second-order valence-electron chi connectivity index (χ2n) is 4.81. The molecule has 1 aromatic carbocycles. The highest BCUT2D eigenvalue weighted by molar-refractivity contribution is 9.09. The summed E-state index contributed by atoms with van der Waals surface area (Å²) in [4.78, 5) is 2.27. The van der Waals surface area contributed by atoms with Crippen molar-refractivity contribution in [2.24, 2.45) is 5.92 Å². The molecule has 3 rings (SSSR count). The van der Waals surface area contributed by atoms with Crippen LogP contribution in [0.1, 0.15) is 12.8 Å². The zero-order valence-corrected chi connectivity index (χ0v) is 12.2. The zero-order valence-electron chi connectivity index (χ0n) is 10.6. The number of anilines is 1. The van der Waals surface area contributed by atoms with Crippen LogP contribution < -0.4 is 4.90 Å². The Balaban J connectivity index is 1.81. The van der Waals surface area contributed by atoms with Gasteiger partial charge >= 0.3 is 0 Å². The van der Waals surface area contributed by atoms with Gasteiger partial charge in [0, 0.05) is 18.4 Å². The van der Waals surface area contributed by atoms with E-state index >= 15 is 0 Å². The van der Waals surface area contributed by atoms with Crippen LogP contribution in [0.3, 0.4) is 0 Å². The lowest BCUT2D eigenvalue weighted by Crippen LogP contribution is -2.35. The van der Waals surface area contributed by atoms with Gasteiger partial charge in [-0.3, -0.25) is 0 Å². The first-order valence-corrected chi connectivity index (χ1v) is 7.65. The van der Waals surface area contributed by atoms with E-state index in [1.807, 2.05) is 35.0 Å². The Morgan fingerprint density at radius 2 is 1.89 bits per heavy atom. The zero-order chi connectivity index (χ0) is 13.1. The molecule has 1 aliphatic rings. The quantitative estimate of drug-likeness (QED) is 0.814. The van der Waals surface area contributed by atoms with Crippen LogP contribution in [-0.4, -0.2) is 38.6 Å². The van der Waals surface area contributed by atoms with Crippen molar-refractivity contribution in [2.45, 2.75) is 12.8 Å². The molecule has 2 aromatic rings. The normalized spacial score (nSPS) is 16.8. The number of para-hydroxylation sites is 1. The van der Waals surface area contributed by atoms with Gasteiger partial charge in [0.25, 0.3) is 0 Å². The van der Waals surface area contributed by atoms with Crippen molar-refractivity contribution in [1.82, 2.24) is 20.2 Å². The smallest absolute Gasteiger partial charge is 0.250 e. The van der Waals surface area contributed by atoms with Crippen LogP contribution >= 0.6 is 15.9 Å². The monoisotopic (exact) mass is 321 g/mol. The number of tetrazole rings is 1. The topological polar surface area (TPSA) is 46.8 Å². The molecule has 0 atom stereocenters. The predicted octanol–water partition coefficient (Wildman–Crippen LogP) is 2.27. The Morgan fingerprint density at radius 1 is 1.16 bits per heavy atom. The SMILES string of the molecule is BrCC1CCN(c2nnnn2-c2ccccc2)CC1. The van der Waals surface area contributed by atoms with Gasteiger partial charge in [0.05, 0.1) is 5.69 Å². The lowest BCUT2D eigenvalue weighted by Gasteiger charge is -2.31. The number of alkyl halides is 1. The number of piperidine rings is 1. The molecule has 0 spiro atoms. The van der Waals surface area contributed by atoms with E-state index in [2.05, 4.69) is 36.4 Å². The first kappa shape index (κ1) is 12.6. The van der Waals surface area contributed by atoms with Crippen molar-refractivity contribution in [1.29, 1.82) is 0 Å². The molecule has 1 aromatic heterocycles. The van der Waals surface area contributed by atoms with Crippen LogP contribution in [0.15, 0.2) is 30.3 Å². The molecule has 0 bridgehead atoms. The number of hydrogen-bond donors (Lipinski definition) is 0. The number of aromatic nitrogens is 4. The van der Waals surface area contributed by atoms with Crippen LogP contribution in [0, 0.1) is 5.92 Å². The van der Waals surface area contributed by atoms with E-state index in [9.17, 15) is 0 Å². The van der Waals surface area contributed by atoms with Crippen molar-refractivity contribution in [2.75, 3.05) is 23.3 Å². The van der Waals surface area contributed by atoms with E-state index in [0.29, 0.717) is 0 Å². The fourth-order valence-corrected chi connectivity index (χ4v) is 3.05. The third kappa shape index (κ3) is 2.63. The minimum atomic E-state index is 0.775. The van der Waals surface area contributed by atoms with Crippen molar-refractivity contribution in [3.8, 4) is 5.69 Å². The van der Waals surface area contributed by atoms with Gasteiger partial charge in [-0.1, -0.05) is 39.2 Å². The standard InChI is InChI=1S/C13H16BrN5/c14-10-11-6-8-18(9-7-11)13-15-16-17-19(13)12-4-2-1-3-5-12/h1-5,11H,6-10H2. The summed E-state index contributed by atoms with van der Waals surface area (Å²) < 4.78 is 1.81. The summed E-state index contributed by atoms with van der Waals surface area (Å²) in [6.45, 7) is 2.03. The van der Waals surface area contributed by atoms with Crippen LogP contribution in [0.4, 0.5) is 5.95 Å². The summed E-state index contributed by atoms with van der Waals surface area (Å²) in [5.41, 5.74) is 1.00. The Bertz CT molecular complexity index is 519. The molecule has 2 heterocycles. The largest absolute Gasteiger partial charge is 0.339 e. The fourth-order valence-electron chi connectivity index (χ4n) is 2.40. The molecule has 0 N–H and O–H groups in total. The molecule has 0 saturated carbocycles. The summed E-state index contributed by atoms with van der Waals surface area (Å²) in [6, 6.07) is 10.0. The lowest BCUT2D eigenvalue weighted by atomic mass is 9.99. The van der Waals surface area contributed by atoms with Gasteiger partial charge in [-0.25, -0.2) is 0 Å². The second-order valence-corrected chi connectivity index (χ2v) is 5.46. The first-order valence-electron chi connectivity index (χ1n) is 6.53. The van der Waals surface area contributed by atoms with Gasteiger partial charge in [0.2, 0.25) is 5.95 Å². The van der Waals surface area contributed by atoms with Crippen molar-refractivity contribution in [3.63, 3.8) is 0 Å². The fraction of sp³-hybridized carbons (Fsp3) is 0.462. The van der Waals surface area contributed by atoms with Crippen LogP contribution in [0.25, 0.3) is 5.69 Å². The van der Waals surface area contributed by atoms with Gasteiger partial charge in [0.15, 0.2) is 0 Å². The average molecular weight is 322 g/mol. The van der Waals surface area contributed by atoms with Gasteiger partial charge in [-0.2, -0.15) is 4.68 Å². The minimum Gasteiger partial charge on any atom is -0.339 e. The number of rotatable bonds is 3. The summed E-state index contributed by atoms with van der Waals surface area (Å²) in [7, 11) is 0. The highest BCUT2D eigenvalue weighted by Gasteiger charge is 2.22. The summed E-state index contributed by atoms with van der Waals surface area (Å²) in [5.74, 6) is 1.62. The highest BCUT2D eigenvalue weighted by Crippen LogP contribution is 2.23. The highest BCUT2D eigenvalue weighted by atomic mass is 79.9. The molecule has 6 heteroatoms. The van der Waals surface area contributed by atoms with Gasteiger partial charge in [-0.05, 0) is 41.3 Å². The number of hydrogen-bond acceptors (Lipinski definition) is 4. The van der Waals surface area contributed by atoms with Crippen molar-refractivity contribution >= 4 is 21.9 Å². The van der Waals surface area contributed by atoms with E-state index in [-0.39, 0.29) is 0 Å². The Kier molecular flexibility index (Phi) is 3.77. The Hall–Kier alpha value is -1.43. The molecule has 1 saturated heterocycles. The molecule has 0 radical (unpaired) electrons. The van der Waals surface area contributed by atoms with E-state index in [1.165, 1.54) is 12.8 Å². The van der Waals surface area contributed by atoms with Gasteiger partial charge < -0.3 is 4.90 Å². The molecule has 5 nitrogen and oxygen atoms in total. The maximum absolute atomic E-state index is 4.18. The number of nitrogens with zero attached hydrogens (tertiary/aromatic N) is 5. The Labute approximate surface area is 120 Å². The number of benzene rings is 1. The maximum Gasteiger partial charge on any atom is 0.250 e. The maximum atomic E-state index is 4.18. The summed E-state index contributed by atoms with van der Waals surface area (Å²) in [6.07, 6.45) is 2.37. The molecule has 0 amide bonds. The van der Waals surface area contributed by atoms with Crippen LogP contribution in [0.5, 0.6) is 0 Å². The molecule has 19 heavy (non-hydrogen) atoms. The average Bonchev–Trinajstić information content (AvgIpc) is 2.98. The summed E-state index contributed by atoms with van der Waals surface area (Å²) >= 11 is 3.57. The molecule has 0 unspecified atom stereocenters. The predicted molar refractivity (Wildman–Crippen MR) is 77.9 cm³/mol. The van der Waals surface area contributed by atoms with Crippen molar-refractivity contribution < 1.29 is 0 Å². The molecule has 1 fully saturated rings.